The average molecular weight is 367 g/mol. The largest absolute Gasteiger partial charge is 0.372 e. The number of hydrogen-bond donors (Lipinski definition) is 1. The van der Waals surface area contributed by atoms with Crippen LogP contribution in [-0.2, 0) is 0 Å². The van der Waals surface area contributed by atoms with E-state index in [0.717, 1.165) is 24.5 Å². The maximum absolute atomic E-state index is 12.6. The third-order valence-electron chi connectivity index (χ3n) is 4.97. The Morgan fingerprint density at radius 2 is 1.74 bits per heavy atom. The highest BCUT2D eigenvalue weighted by Gasteiger charge is 2.16. The Balaban J connectivity index is 1.74. The van der Waals surface area contributed by atoms with E-state index in [1.54, 1.807) is 11.0 Å². The van der Waals surface area contributed by atoms with Crippen molar-refractivity contribution < 1.29 is 4.79 Å². The fourth-order valence-corrected chi connectivity index (χ4v) is 3.44. The van der Waals surface area contributed by atoms with E-state index in [1.165, 1.54) is 24.9 Å². The number of carbonyl (C=O) groups is 1. The Labute approximate surface area is 161 Å². The molecule has 1 saturated heterocycles. The van der Waals surface area contributed by atoms with Crippen LogP contribution in [0.5, 0.6) is 0 Å². The highest BCUT2D eigenvalue weighted by Crippen LogP contribution is 2.23. The number of benzene rings is 1. The smallest absolute Gasteiger partial charge is 0.272 e. The summed E-state index contributed by atoms with van der Waals surface area (Å²) in [5.74, 6) is 0.394. The summed E-state index contributed by atoms with van der Waals surface area (Å²) in [6.07, 6.45) is 3.86. The predicted molar refractivity (Wildman–Crippen MR) is 110 cm³/mol. The standard InChI is InChI=1S/C21H29N5O/c1-4-25(5-2)20(27)19-15-16(3)22-21(24-19)23-17-9-11-18(12-10-17)26-13-7-6-8-14-26/h9-12,15H,4-8,13-14H2,1-3H3,(H,22,23,24). The highest BCUT2D eigenvalue weighted by molar-refractivity contribution is 5.92. The van der Waals surface area contributed by atoms with Crippen LogP contribution >= 0.6 is 0 Å². The minimum absolute atomic E-state index is 0.0611. The van der Waals surface area contributed by atoms with Crippen molar-refractivity contribution in [2.75, 3.05) is 36.4 Å². The van der Waals surface area contributed by atoms with Gasteiger partial charge < -0.3 is 15.1 Å². The van der Waals surface area contributed by atoms with Gasteiger partial charge in [-0.15, -0.1) is 0 Å². The van der Waals surface area contributed by atoms with Crippen LogP contribution < -0.4 is 10.2 Å². The van der Waals surface area contributed by atoms with Gasteiger partial charge in [-0.25, -0.2) is 9.97 Å². The molecule has 3 rings (SSSR count). The molecule has 1 aliphatic rings. The summed E-state index contributed by atoms with van der Waals surface area (Å²) in [7, 11) is 0. The van der Waals surface area contributed by atoms with E-state index < -0.39 is 0 Å². The molecule has 144 valence electrons. The molecule has 1 N–H and O–H groups in total. The van der Waals surface area contributed by atoms with E-state index >= 15 is 0 Å². The molecule has 0 aliphatic carbocycles. The van der Waals surface area contributed by atoms with Crippen molar-refractivity contribution in [2.24, 2.45) is 0 Å². The van der Waals surface area contributed by atoms with E-state index in [-0.39, 0.29) is 5.91 Å². The molecule has 0 bridgehead atoms. The van der Waals surface area contributed by atoms with Crippen molar-refractivity contribution in [3.8, 4) is 0 Å². The first-order chi connectivity index (χ1) is 13.1. The average Bonchev–Trinajstić information content (AvgIpc) is 2.69. The Morgan fingerprint density at radius 1 is 1.07 bits per heavy atom. The van der Waals surface area contributed by atoms with Gasteiger partial charge >= 0.3 is 0 Å². The van der Waals surface area contributed by atoms with E-state index in [0.29, 0.717) is 24.7 Å². The van der Waals surface area contributed by atoms with Crippen LogP contribution in [0.4, 0.5) is 17.3 Å². The third kappa shape index (κ3) is 4.76. The highest BCUT2D eigenvalue weighted by atomic mass is 16.2. The van der Waals surface area contributed by atoms with Gasteiger partial charge in [0.1, 0.15) is 5.69 Å². The summed E-state index contributed by atoms with van der Waals surface area (Å²) < 4.78 is 0. The molecular formula is C21H29N5O. The van der Waals surface area contributed by atoms with Crippen LogP contribution in [0.25, 0.3) is 0 Å². The third-order valence-corrected chi connectivity index (χ3v) is 4.97. The molecule has 0 spiro atoms. The van der Waals surface area contributed by atoms with Gasteiger partial charge in [0, 0.05) is 43.2 Å². The van der Waals surface area contributed by atoms with Crippen molar-refractivity contribution in [1.82, 2.24) is 14.9 Å². The summed E-state index contributed by atoms with van der Waals surface area (Å²) in [6.45, 7) is 9.41. The molecule has 0 saturated carbocycles. The van der Waals surface area contributed by atoms with Crippen molar-refractivity contribution in [3.63, 3.8) is 0 Å². The van der Waals surface area contributed by atoms with Crippen LogP contribution in [-0.4, -0.2) is 47.0 Å². The second-order valence-corrected chi connectivity index (χ2v) is 6.92. The van der Waals surface area contributed by atoms with Crippen LogP contribution in [0.1, 0.15) is 49.3 Å². The minimum Gasteiger partial charge on any atom is -0.372 e. The van der Waals surface area contributed by atoms with Crippen molar-refractivity contribution in [3.05, 3.63) is 41.7 Å². The zero-order valence-corrected chi connectivity index (χ0v) is 16.5. The molecule has 1 aliphatic heterocycles. The lowest BCUT2D eigenvalue weighted by molar-refractivity contribution is 0.0767. The van der Waals surface area contributed by atoms with Gasteiger partial charge in [0.25, 0.3) is 5.91 Å². The van der Waals surface area contributed by atoms with Gasteiger partial charge in [0.05, 0.1) is 0 Å². The summed E-state index contributed by atoms with van der Waals surface area (Å²) >= 11 is 0. The lowest BCUT2D eigenvalue weighted by Gasteiger charge is -2.28. The number of piperidine rings is 1. The van der Waals surface area contributed by atoms with Crippen molar-refractivity contribution in [1.29, 1.82) is 0 Å². The van der Waals surface area contributed by atoms with Crippen LogP contribution in [0.15, 0.2) is 30.3 Å². The number of aryl methyl sites for hydroxylation is 1. The zero-order valence-electron chi connectivity index (χ0n) is 16.5. The normalized spacial score (nSPS) is 14.1. The fourth-order valence-electron chi connectivity index (χ4n) is 3.44. The molecule has 1 aromatic heterocycles. The first-order valence-electron chi connectivity index (χ1n) is 9.87. The molecule has 27 heavy (non-hydrogen) atoms. The van der Waals surface area contributed by atoms with Crippen molar-refractivity contribution in [2.45, 2.75) is 40.0 Å². The SMILES string of the molecule is CCN(CC)C(=O)c1cc(C)nc(Nc2ccc(N3CCCCC3)cc2)n1. The molecule has 0 atom stereocenters. The number of nitrogens with one attached hydrogen (secondary N) is 1. The van der Waals surface area contributed by atoms with E-state index in [1.807, 2.05) is 32.9 Å². The molecular weight excluding hydrogens is 338 g/mol. The molecule has 0 unspecified atom stereocenters. The van der Waals surface area contributed by atoms with Gasteiger partial charge in [-0.1, -0.05) is 0 Å². The van der Waals surface area contributed by atoms with Crippen molar-refractivity contribution >= 4 is 23.2 Å². The zero-order chi connectivity index (χ0) is 19.2. The number of hydrogen-bond acceptors (Lipinski definition) is 5. The second kappa shape index (κ2) is 8.84. The molecule has 6 heteroatoms. The van der Waals surface area contributed by atoms with Gasteiger partial charge in [-0.2, -0.15) is 0 Å². The number of amides is 1. The number of rotatable bonds is 6. The molecule has 1 fully saturated rings. The Kier molecular flexibility index (Phi) is 6.27. The number of aromatic nitrogens is 2. The minimum atomic E-state index is -0.0611. The van der Waals surface area contributed by atoms with Crippen LogP contribution in [0.3, 0.4) is 0 Å². The summed E-state index contributed by atoms with van der Waals surface area (Å²) in [5.41, 5.74) is 3.37. The molecule has 0 radical (unpaired) electrons. The first-order valence-corrected chi connectivity index (χ1v) is 9.87. The van der Waals surface area contributed by atoms with Gasteiger partial charge in [0.2, 0.25) is 5.95 Å². The van der Waals surface area contributed by atoms with E-state index in [4.69, 9.17) is 0 Å². The van der Waals surface area contributed by atoms with Gasteiger partial charge in [-0.3, -0.25) is 4.79 Å². The molecule has 2 heterocycles. The summed E-state index contributed by atoms with van der Waals surface area (Å²) in [6, 6.07) is 10.1. The van der Waals surface area contributed by atoms with Gasteiger partial charge in [0.15, 0.2) is 0 Å². The lowest BCUT2D eigenvalue weighted by atomic mass is 10.1. The van der Waals surface area contributed by atoms with Gasteiger partial charge in [-0.05, 0) is 70.4 Å². The van der Waals surface area contributed by atoms with Crippen LogP contribution in [0.2, 0.25) is 0 Å². The molecule has 1 aromatic carbocycles. The predicted octanol–water partition coefficient (Wildman–Crippen LogP) is 4.00. The summed E-state index contributed by atoms with van der Waals surface area (Å²) in [5, 5.41) is 3.23. The maximum atomic E-state index is 12.6. The monoisotopic (exact) mass is 367 g/mol. The Morgan fingerprint density at radius 3 is 2.37 bits per heavy atom. The Bertz CT molecular complexity index is 765. The first kappa shape index (κ1) is 19.1. The summed E-state index contributed by atoms with van der Waals surface area (Å²) in [4.78, 5) is 25.6. The number of anilines is 3. The molecule has 2 aromatic rings. The fraction of sp³-hybridized carbons (Fsp3) is 0.476. The maximum Gasteiger partial charge on any atom is 0.272 e. The number of nitrogens with zero attached hydrogens (tertiary/aromatic N) is 4. The quantitative estimate of drug-likeness (QED) is 0.836. The Hall–Kier alpha value is -2.63. The second-order valence-electron chi connectivity index (χ2n) is 6.92. The lowest BCUT2D eigenvalue weighted by Crippen LogP contribution is -2.31. The molecule has 1 amide bonds. The van der Waals surface area contributed by atoms with Crippen LogP contribution in [0, 0.1) is 6.92 Å². The topological polar surface area (TPSA) is 61.4 Å². The number of carbonyl (C=O) groups excluding carboxylic acids is 1. The van der Waals surface area contributed by atoms with E-state index in [9.17, 15) is 4.79 Å². The van der Waals surface area contributed by atoms with E-state index in [2.05, 4.69) is 32.3 Å². The molecule has 6 nitrogen and oxygen atoms in total.